The van der Waals surface area contributed by atoms with Crippen molar-refractivity contribution in [2.75, 3.05) is 0 Å². The topological polar surface area (TPSA) is 56.7 Å². The van der Waals surface area contributed by atoms with E-state index in [0.29, 0.717) is 5.56 Å². The van der Waals surface area contributed by atoms with Gasteiger partial charge >= 0.3 is 0 Å². The molecule has 0 atom stereocenters. The second-order valence-corrected chi connectivity index (χ2v) is 9.99. The van der Waals surface area contributed by atoms with E-state index in [2.05, 4.69) is 14.5 Å². The van der Waals surface area contributed by atoms with Gasteiger partial charge in [0.25, 0.3) is 0 Å². The lowest BCUT2D eigenvalue weighted by molar-refractivity contribution is 0.669. The maximum absolute atomic E-state index is 9.04. The lowest BCUT2D eigenvalue weighted by Crippen LogP contribution is -2.01. The molecule has 5 heteroatoms. The highest BCUT2D eigenvalue weighted by Gasteiger charge is 2.18. The summed E-state index contributed by atoms with van der Waals surface area (Å²) >= 11 is 0. The van der Waals surface area contributed by atoms with Crippen LogP contribution in [0.2, 0.25) is 0 Å². The van der Waals surface area contributed by atoms with Gasteiger partial charge in [0, 0.05) is 38.4 Å². The van der Waals surface area contributed by atoms with Crippen LogP contribution in [0.1, 0.15) is 16.4 Å². The fourth-order valence-corrected chi connectivity index (χ4v) is 5.56. The van der Waals surface area contributed by atoms with Gasteiger partial charge in [0.2, 0.25) is 0 Å². The Morgan fingerprint density at radius 2 is 1.18 bits per heavy atom. The first-order valence-corrected chi connectivity index (χ1v) is 13.6. The van der Waals surface area contributed by atoms with Crippen LogP contribution in [0.3, 0.4) is 0 Å². The first-order valence-electron chi connectivity index (χ1n) is 19.6. The largest absolute Gasteiger partial charge is 0.455 e. The van der Waals surface area contributed by atoms with E-state index in [-0.39, 0.29) is 50.5 Å². The minimum Gasteiger partial charge on any atom is -0.455 e. The van der Waals surface area contributed by atoms with Crippen molar-refractivity contribution in [1.82, 2.24) is 19.5 Å². The molecule has 3 heterocycles. The quantitative estimate of drug-likeness (QED) is 0.209. The molecule has 0 saturated carbocycles. The Balaban J connectivity index is 1.38. The van der Waals surface area contributed by atoms with Gasteiger partial charge < -0.3 is 8.98 Å². The molecule has 0 saturated heterocycles. The summed E-state index contributed by atoms with van der Waals surface area (Å²) in [6, 6.07) is 16.1. The summed E-state index contributed by atoms with van der Waals surface area (Å²) in [5.41, 5.74) is 1.83. The van der Waals surface area contributed by atoms with E-state index >= 15 is 0 Å². The number of hydrogen-bond acceptors (Lipinski definition) is 4. The maximum Gasteiger partial charge on any atom is 0.167 e. The number of aromatic nitrogens is 4. The molecule has 9 aromatic rings. The van der Waals surface area contributed by atoms with E-state index in [1.165, 1.54) is 0 Å². The monoisotopic (exact) mass is 576 g/mol. The van der Waals surface area contributed by atoms with Crippen molar-refractivity contribution in [2.24, 2.45) is 0 Å². The van der Waals surface area contributed by atoms with Crippen LogP contribution in [0.25, 0.3) is 83.6 Å². The molecule has 0 amide bonds. The predicted molar refractivity (Wildman–Crippen MR) is 178 cm³/mol. The van der Waals surface area contributed by atoms with Gasteiger partial charge in [-0.25, -0.2) is 15.0 Å². The highest BCUT2D eigenvalue weighted by atomic mass is 16.3. The molecule has 0 bridgehead atoms. The molecule has 0 aliphatic rings. The molecule has 0 radical (unpaired) electrons. The first-order chi connectivity index (χ1) is 26.8. The van der Waals surface area contributed by atoms with E-state index in [0.717, 1.165) is 27.5 Å². The van der Waals surface area contributed by atoms with Crippen LogP contribution in [0.4, 0.5) is 0 Å². The minimum absolute atomic E-state index is 0.0335. The van der Waals surface area contributed by atoms with Crippen LogP contribution in [0, 0.1) is 0 Å². The number of fused-ring (bicyclic) bond motifs is 6. The molecule has 0 fully saturated rings. The van der Waals surface area contributed by atoms with Gasteiger partial charge in [-0.1, -0.05) is 109 Å². The number of nitrogens with zero attached hydrogens (tertiary/aromatic N) is 4. The molecule has 44 heavy (non-hydrogen) atoms. The van der Waals surface area contributed by atoms with E-state index in [1.807, 2.05) is 60.7 Å². The fraction of sp³-hybridized carbons (Fsp3) is 0. The van der Waals surface area contributed by atoms with Crippen LogP contribution < -0.4 is 0 Å². The summed E-state index contributed by atoms with van der Waals surface area (Å²) < 4.78 is 111. The summed E-state index contributed by atoms with van der Waals surface area (Å²) in [4.78, 5) is 13.9. The summed E-state index contributed by atoms with van der Waals surface area (Å²) in [6.45, 7) is 0. The molecule has 5 nitrogen and oxygen atoms in total. The standard InChI is InChI=1S/C39H24N4O/c1-2-12-25(13-3-1)37-40-38(42-39(41-37)32-20-11-19-31-30-18-6-9-23-35(30)44-36(31)32)26-14-10-15-27(24-26)43-33-21-7-4-16-28(33)29-17-5-8-22-34(29)43/h1-24H/i1D,2D,3D,6D,9D,11D,12D,13D,18D,19D,20D,23D. The van der Waals surface area contributed by atoms with Crippen molar-refractivity contribution < 1.29 is 20.9 Å². The van der Waals surface area contributed by atoms with E-state index in [4.69, 9.17) is 25.9 Å². The summed E-state index contributed by atoms with van der Waals surface area (Å²) in [5.74, 6) is -0.704. The molecule has 6 aromatic carbocycles. The SMILES string of the molecule is [2H]c1c([2H])c([2H])c(-c2nc(-c3cccc(-n4c5ccccc5c5ccccc54)c3)nc(-c3c([2H])c([2H])c([2H])c4c3oc3c([2H])c([2H])c([2H])c([2H])c34)n2)c([2H])c1[2H]. The Morgan fingerprint density at radius 1 is 0.523 bits per heavy atom. The molecule has 0 unspecified atom stereocenters. The molecular formula is C39H24N4O. The van der Waals surface area contributed by atoms with Gasteiger partial charge in [-0.05, 0) is 36.4 Å². The zero-order valence-corrected chi connectivity index (χ0v) is 22.6. The minimum atomic E-state index is -0.630. The second-order valence-electron chi connectivity index (χ2n) is 9.99. The maximum atomic E-state index is 9.04. The van der Waals surface area contributed by atoms with Crippen molar-refractivity contribution in [3.05, 3.63) is 145 Å². The van der Waals surface area contributed by atoms with Crippen LogP contribution in [-0.2, 0) is 0 Å². The Hall–Kier alpha value is -6.07. The first kappa shape index (κ1) is 15.4. The molecule has 3 aromatic heterocycles. The van der Waals surface area contributed by atoms with Crippen LogP contribution in [0.5, 0.6) is 0 Å². The van der Waals surface area contributed by atoms with E-state index in [1.54, 1.807) is 12.1 Å². The highest BCUT2D eigenvalue weighted by Crippen LogP contribution is 2.36. The van der Waals surface area contributed by atoms with Crippen molar-refractivity contribution in [1.29, 1.82) is 0 Å². The van der Waals surface area contributed by atoms with Crippen molar-refractivity contribution in [3.8, 4) is 39.9 Å². The van der Waals surface area contributed by atoms with Crippen molar-refractivity contribution in [2.45, 2.75) is 0 Å². The molecule has 0 aliphatic carbocycles. The van der Waals surface area contributed by atoms with Crippen LogP contribution >= 0.6 is 0 Å². The van der Waals surface area contributed by atoms with Gasteiger partial charge in [-0.15, -0.1) is 0 Å². The third-order valence-electron chi connectivity index (χ3n) is 7.46. The molecule has 206 valence electrons. The molecule has 0 aliphatic heterocycles. The number of furan rings is 1. The lowest BCUT2D eigenvalue weighted by atomic mass is 10.1. The predicted octanol–water partition coefficient (Wildman–Crippen LogP) is 9.87. The van der Waals surface area contributed by atoms with Crippen LogP contribution in [0.15, 0.2) is 150 Å². The fourth-order valence-electron chi connectivity index (χ4n) is 5.56. The Kier molecular flexibility index (Phi) is 3.42. The van der Waals surface area contributed by atoms with E-state index in [9.17, 15) is 0 Å². The summed E-state index contributed by atoms with van der Waals surface area (Å²) in [5, 5.41) is 1.73. The number of rotatable bonds is 4. The number of benzene rings is 6. The Bertz CT molecular complexity index is 3110. The normalized spacial score (nSPS) is 15.5. The summed E-state index contributed by atoms with van der Waals surface area (Å²) in [7, 11) is 0. The average molecular weight is 577 g/mol. The number of hydrogen-bond donors (Lipinski definition) is 0. The van der Waals surface area contributed by atoms with Gasteiger partial charge in [-0.3, -0.25) is 0 Å². The third-order valence-corrected chi connectivity index (χ3v) is 7.46. The zero-order valence-electron chi connectivity index (χ0n) is 34.6. The van der Waals surface area contributed by atoms with Crippen molar-refractivity contribution >= 4 is 43.7 Å². The summed E-state index contributed by atoms with van der Waals surface area (Å²) in [6.07, 6.45) is 0. The van der Waals surface area contributed by atoms with Gasteiger partial charge in [-0.2, -0.15) is 0 Å². The van der Waals surface area contributed by atoms with Crippen molar-refractivity contribution in [3.63, 3.8) is 0 Å². The van der Waals surface area contributed by atoms with Gasteiger partial charge in [0.1, 0.15) is 11.2 Å². The Morgan fingerprint density at radius 3 is 1.98 bits per heavy atom. The van der Waals surface area contributed by atoms with E-state index < -0.39 is 72.5 Å². The average Bonchev–Trinajstić information content (AvgIpc) is 3.77. The molecule has 0 N–H and O–H groups in total. The Labute approximate surface area is 269 Å². The highest BCUT2D eigenvalue weighted by molar-refractivity contribution is 6.10. The molecule has 9 rings (SSSR count). The van der Waals surface area contributed by atoms with Crippen LogP contribution in [-0.4, -0.2) is 19.5 Å². The lowest BCUT2D eigenvalue weighted by Gasteiger charge is -2.11. The zero-order chi connectivity index (χ0) is 39.5. The molecular weight excluding hydrogens is 540 g/mol. The van der Waals surface area contributed by atoms with Gasteiger partial charge in [0.05, 0.1) is 33.0 Å². The third kappa shape index (κ3) is 3.83. The number of para-hydroxylation sites is 4. The van der Waals surface area contributed by atoms with Gasteiger partial charge in [0.15, 0.2) is 17.5 Å². The smallest absolute Gasteiger partial charge is 0.167 e. The molecule has 0 spiro atoms. The second kappa shape index (κ2) is 9.75.